The second-order valence-electron chi connectivity index (χ2n) is 22.9. The van der Waals surface area contributed by atoms with Crippen LogP contribution in [0.5, 0.6) is 23.0 Å². The fourth-order valence-electron chi connectivity index (χ4n) is 14.7. The van der Waals surface area contributed by atoms with E-state index in [4.69, 9.17) is 34.4 Å². The van der Waals surface area contributed by atoms with Gasteiger partial charge in [-0.25, -0.2) is 24.9 Å². The van der Waals surface area contributed by atoms with E-state index in [1.54, 1.807) is 0 Å². The summed E-state index contributed by atoms with van der Waals surface area (Å²) in [4.78, 5) is 27.4. The number of fused-ring (bicyclic) bond motifs is 18. The summed E-state index contributed by atoms with van der Waals surface area (Å²) in [7, 11) is 0. The molecule has 7 heteroatoms. The van der Waals surface area contributed by atoms with E-state index in [9.17, 15) is 0 Å². The molecule has 2 spiro atoms. The molecule has 0 amide bonds. The normalized spacial score (nSPS) is 13.6. The second kappa shape index (κ2) is 19.4. The zero-order valence-corrected chi connectivity index (χ0v) is 47.3. The number of ether oxygens (including phenoxy) is 2. The standard InChI is InChI=1S/C81H49N5O2/c1-4-23-50(24-5-1)68-49-69(51-25-6-2-7-26-51)83-78(82-68)60-34-22-33-59-57-46-45-54(48-67(57)81(75(59)60)65-39-14-18-43-72(65)88-73-44-19-15-40-66(73)81)53-29-20-30-55(47-53)77-84-76(52-27-8-3-9-28-52)85-79(86-77)61-35-21-32-58-56-31-10-11-36-62(56)80(74(58)61)63-37-12-16-41-70(63)87-71-42-17-13-38-64(71)80/h1-49H. The Morgan fingerprint density at radius 1 is 0.205 bits per heavy atom. The van der Waals surface area contributed by atoms with Crippen LogP contribution in [0.3, 0.4) is 0 Å². The molecule has 410 valence electrons. The number of hydrogen-bond donors (Lipinski definition) is 0. The van der Waals surface area contributed by atoms with Gasteiger partial charge in [0.2, 0.25) is 0 Å². The molecule has 0 fully saturated rings. The topological polar surface area (TPSA) is 82.9 Å². The van der Waals surface area contributed by atoms with Crippen molar-refractivity contribution in [2.24, 2.45) is 0 Å². The van der Waals surface area contributed by atoms with E-state index in [1.165, 1.54) is 11.1 Å². The second-order valence-corrected chi connectivity index (χ2v) is 22.9. The van der Waals surface area contributed by atoms with Crippen LogP contribution in [0.15, 0.2) is 297 Å². The number of nitrogens with zero attached hydrogens (tertiary/aromatic N) is 5. The number of benzene rings is 12. The Bertz CT molecular complexity index is 5030. The molecule has 88 heavy (non-hydrogen) atoms. The maximum absolute atomic E-state index is 6.91. The van der Waals surface area contributed by atoms with Gasteiger partial charge in [0.25, 0.3) is 0 Å². The molecule has 14 aromatic rings. The van der Waals surface area contributed by atoms with Crippen LogP contribution in [0, 0.1) is 0 Å². The third kappa shape index (κ3) is 7.28. The Hall–Kier alpha value is -11.7. The maximum Gasteiger partial charge on any atom is 0.164 e. The lowest BCUT2D eigenvalue weighted by Gasteiger charge is -2.40. The third-order valence-corrected chi connectivity index (χ3v) is 18.3. The minimum Gasteiger partial charge on any atom is -0.457 e. The van der Waals surface area contributed by atoms with Crippen molar-refractivity contribution in [2.45, 2.75) is 10.8 Å². The van der Waals surface area contributed by atoms with E-state index in [2.05, 4.69) is 267 Å². The Morgan fingerprint density at radius 3 is 1.09 bits per heavy atom. The minimum absolute atomic E-state index is 0.565. The number of hydrogen-bond acceptors (Lipinski definition) is 7. The SMILES string of the molecule is c1ccc(-c2cc(-c3ccccc3)nc(-c3cccc4c3C3(c5ccccc5Oc5ccccc53)c3cc(-c5cccc(-c6nc(-c7ccccc7)nc(-c7cccc8c7C7(c9ccccc9Oc9ccccc97)c7ccccc7-8)n6)c5)ccc3-4)n2)cc1. The van der Waals surface area contributed by atoms with Gasteiger partial charge in [-0.05, 0) is 98.1 Å². The van der Waals surface area contributed by atoms with Crippen molar-refractivity contribution in [1.82, 2.24) is 24.9 Å². The van der Waals surface area contributed by atoms with E-state index in [-0.39, 0.29) is 0 Å². The van der Waals surface area contributed by atoms with Gasteiger partial charge in [-0.1, -0.05) is 255 Å². The predicted molar refractivity (Wildman–Crippen MR) is 348 cm³/mol. The number of rotatable bonds is 7. The molecule has 18 rings (SSSR count). The fourth-order valence-corrected chi connectivity index (χ4v) is 14.7. The molecule has 0 bridgehead atoms. The molecule has 0 unspecified atom stereocenters. The van der Waals surface area contributed by atoms with Crippen LogP contribution < -0.4 is 9.47 Å². The lowest BCUT2D eigenvalue weighted by Crippen LogP contribution is -2.32. The predicted octanol–water partition coefficient (Wildman–Crippen LogP) is 19.3. The van der Waals surface area contributed by atoms with Crippen molar-refractivity contribution in [2.75, 3.05) is 0 Å². The van der Waals surface area contributed by atoms with Crippen molar-refractivity contribution < 1.29 is 9.47 Å². The van der Waals surface area contributed by atoms with Gasteiger partial charge < -0.3 is 9.47 Å². The van der Waals surface area contributed by atoms with Crippen LogP contribution in [0.4, 0.5) is 0 Å². The van der Waals surface area contributed by atoms with Crippen molar-refractivity contribution >= 4 is 0 Å². The summed E-state index contributed by atoms with van der Waals surface area (Å²) < 4.78 is 13.7. The Balaban J connectivity index is 0.834. The summed E-state index contributed by atoms with van der Waals surface area (Å²) in [5.74, 6) is 5.62. The van der Waals surface area contributed by atoms with Crippen LogP contribution in [-0.2, 0) is 10.8 Å². The molecule has 0 N–H and O–H groups in total. The van der Waals surface area contributed by atoms with Crippen LogP contribution in [0.25, 0.3) is 101 Å². The zero-order chi connectivity index (χ0) is 57.9. The molecule has 0 atom stereocenters. The van der Waals surface area contributed by atoms with Gasteiger partial charge in [0, 0.05) is 55.6 Å². The van der Waals surface area contributed by atoms with Crippen molar-refractivity contribution in [1.29, 1.82) is 0 Å². The first-order valence-corrected chi connectivity index (χ1v) is 29.8. The lowest BCUT2D eigenvalue weighted by molar-refractivity contribution is 0.436. The minimum atomic E-state index is -0.856. The van der Waals surface area contributed by atoms with Gasteiger partial charge in [-0.2, -0.15) is 0 Å². The number of para-hydroxylation sites is 4. The molecular formula is C81H49N5O2. The van der Waals surface area contributed by atoms with Gasteiger partial charge in [0.1, 0.15) is 23.0 Å². The van der Waals surface area contributed by atoms with Gasteiger partial charge in [-0.15, -0.1) is 0 Å². The number of aromatic nitrogens is 5. The fraction of sp³-hybridized carbons (Fsp3) is 0.0247. The van der Waals surface area contributed by atoms with Crippen LogP contribution in [-0.4, -0.2) is 24.9 Å². The highest BCUT2D eigenvalue weighted by Gasteiger charge is 2.54. The average molecular weight is 1120 g/mol. The third-order valence-electron chi connectivity index (χ3n) is 18.3. The van der Waals surface area contributed by atoms with Crippen LogP contribution >= 0.6 is 0 Å². The summed E-state index contributed by atoms with van der Waals surface area (Å²) in [5.41, 5.74) is 21.2. The molecule has 12 aromatic carbocycles. The van der Waals surface area contributed by atoms with Gasteiger partial charge >= 0.3 is 0 Å². The van der Waals surface area contributed by atoms with E-state index in [1.807, 2.05) is 30.3 Å². The first kappa shape index (κ1) is 49.7. The largest absolute Gasteiger partial charge is 0.457 e. The summed E-state index contributed by atoms with van der Waals surface area (Å²) in [6.07, 6.45) is 0. The lowest BCUT2D eigenvalue weighted by atomic mass is 9.64. The summed E-state index contributed by atoms with van der Waals surface area (Å²) in [6.45, 7) is 0. The van der Waals surface area contributed by atoms with Gasteiger partial charge in [0.05, 0.1) is 22.2 Å². The van der Waals surface area contributed by atoms with Crippen LogP contribution in [0.1, 0.15) is 44.5 Å². The van der Waals surface area contributed by atoms with E-state index >= 15 is 0 Å². The highest BCUT2D eigenvalue weighted by Crippen LogP contribution is 2.66. The Kier molecular flexibility index (Phi) is 11.0. The molecular weight excluding hydrogens is 1070 g/mol. The Morgan fingerprint density at radius 2 is 0.557 bits per heavy atom. The highest BCUT2D eigenvalue weighted by molar-refractivity contribution is 5.96. The molecule has 0 saturated carbocycles. The molecule has 4 aliphatic rings. The van der Waals surface area contributed by atoms with E-state index in [0.717, 1.165) is 135 Å². The van der Waals surface area contributed by atoms with Gasteiger partial charge in [0.15, 0.2) is 23.3 Å². The van der Waals surface area contributed by atoms with Crippen molar-refractivity contribution in [3.63, 3.8) is 0 Å². The molecule has 2 aliphatic heterocycles. The van der Waals surface area contributed by atoms with E-state index < -0.39 is 10.8 Å². The maximum atomic E-state index is 6.91. The molecule has 2 aromatic heterocycles. The molecule has 4 heterocycles. The smallest absolute Gasteiger partial charge is 0.164 e. The van der Waals surface area contributed by atoms with E-state index in [0.29, 0.717) is 23.3 Å². The average Bonchev–Trinajstić information content (AvgIpc) is 1.50. The highest BCUT2D eigenvalue weighted by atomic mass is 16.5. The van der Waals surface area contributed by atoms with Crippen molar-refractivity contribution in [3.8, 4) is 124 Å². The quantitative estimate of drug-likeness (QED) is 0.157. The molecule has 0 saturated heterocycles. The molecule has 0 radical (unpaired) electrons. The van der Waals surface area contributed by atoms with Crippen molar-refractivity contribution in [3.05, 3.63) is 342 Å². The first-order chi connectivity index (χ1) is 43.6. The molecule has 7 nitrogen and oxygen atoms in total. The molecule has 2 aliphatic carbocycles. The first-order valence-electron chi connectivity index (χ1n) is 29.8. The monoisotopic (exact) mass is 1120 g/mol. The van der Waals surface area contributed by atoms with Gasteiger partial charge in [-0.3, -0.25) is 0 Å². The van der Waals surface area contributed by atoms with Crippen LogP contribution in [0.2, 0.25) is 0 Å². The summed E-state index contributed by atoms with van der Waals surface area (Å²) >= 11 is 0. The zero-order valence-electron chi connectivity index (χ0n) is 47.3. The Labute approximate surface area is 508 Å². The summed E-state index contributed by atoms with van der Waals surface area (Å²) in [6, 6.07) is 105. The summed E-state index contributed by atoms with van der Waals surface area (Å²) in [5, 5.41) is 0.